The van der Waals surface area contributed by atoms with Gasteiger partial charge in [-0.1, -0.05) is 0 Å². The molecule has 0 unspecified atom stereocenters. The van der Waals surface area contributed by atoms with Gasteiger partial charge in [-0.15, -0.1) is 0 Å². The number of aryl methyl sites for hydroxylation is 1. The molecule has 0 saturated heterocycles. The van der Waals surface area contributed by atoms with Gasteiger partial charge < -0.3 is 19.5 Å². The normalized spacial score (nSPS) is 13.4. The molecule has 1 aliphatic heterocycles. The van der Waals surface area contributed by atoms with E-state index in [0.717, 1.165) is 0 Å². The van der Waals surface area contributed by atoms with Crippen LogP contribution in [0.5, 0.6) is 11.5 Å². The number of benzene rings is 2. The molecule has 0 bridgehead atoms. The molecule has 0 aliphatic carbocycles. The SMILES string of the molecule is Cc1cc(C(=O)O[C@H](C)C(=O)Nc2ccc3c(c2)OCCO3)ccc1[N+](=O)[O-]. The van der Waals surface area contributed by atoms with E-state index in [1.807, 2.05) is 0 Å². The Morgan fingerprint density at radius 1 is 1.14 bits per heavy atom. The van der Waals surface area contributed by atoms with Gasteiger partial charge in [-0.3, -0.25) is 14.9 Å². The number of nitrogens with zero attached hydrogens (tertiary/aromatic N) is 1. The maximum Gasteiger partial charge on any atom is 0.338 e. The van der Waals surface area contributed by atoms with Crippen LogP contribution < -0.4 is 14.8 Å². The average molecular weight is 386 g/mol. The molecule has 1 amide bonds. The zero-order valence-electron chi connectivity index (χ0n) is 15.3. The number of hydrogen-bond acceptors (Lipinski definition) is 7. The largest absolute Gasteiger partial charge is 0.486 e. The van der Waals surface area contributed by atoms with E-state index in [4.69, 9.17) is 14.2 Å². The second kappa shape index (κ2) is 7.95. The fourth-order valence-electron chi connectivity index (χ4n) is 2.63. The fraction of sp³-hybridized carbons (Fsp3) is 0.263. The van der Waals surface area contributed by atoms with Crippen LogP contribution in [0.15, 0.2) is 36.4 Å². The van der Waals surface area contributed by atoms with Crippen molar-refractivity contribution in [1.82, 2.24) is 0 Å². The summed E-state index contributed by atoms with van der Waals surface area (Å²) in [7, 11) is 0. The minimum Gasteiger partial charge on any atom is -0.486 e. The number of nitrogens with one attached hydrogen (secondary N) is 1. The lowest BCUT2D eigenvalue weighted by molar-refractivity contribution is -0.385. The second-order valence-corrected chi connectivity index (χ2v) is 6.15. The molecule has 0 fully saturated rings. The lowest BCUT2D eigenvalue weighted by Crippen LogP contribution is -2.30. The van der Waals surface area contributed by atoms with Crippen molar-refractivity contribution in [3.05, 3.63) is 57.6 Å². The molecule has 9 heteroatoms. The number of fused-ring (bicyclic) bond motifs is 1. The van der Waals surface area contributed by atoms with E-state index in [1.54, 1.807) is 18.2 Å². The molecule has 1 atom stereocenters. The molecule has 0 radical (unpaired) electrons. The van der Waals surface area contributed by atoms with Crippen LogP contribution in [-0.4, -0.2) is 36.1 Å². The van der Waals surface area contributed by atoms with Crippen molar-refractivity contribution in [1.29, 1.82) is 0 Å². The number of nitro benzene ring substituents is 1. The third-order valence-corrected chi connectivity index (χ3v) is 4.09. The van der Waals surface area contributed by atoms with E-state index in [9.17, 15) is 19.7 Å². The van der Waals surface area contributed by atoms with Crippen molar-refractivity contribution in [2.45, 2.75) is 20.0 Å². The maximum absolute atomic E-state index is 12.3. The summed E-state index contributed by atoms with van der Waals surface area (Å²) < 4.78 is 16.0. The van der Waals surface area contributed by atoms with Crippen LogP contribution in [0.2, 0.25) is 0 Å². The third kappa shape index (κ3) is 4.20. The molecular weight excluding hydrogens is 368 g/mol. The Bertz CT molecular complexity index is 942. The van der Waals surface area contributed by atoms with E-state index in [0.29, 0.717) is 36.0 Å². The first kappa shape index (κ1) is 19.2. The number of ether oxygens (including phenoxy) is 3. The first-order valence-corrected chi connectivity index (χ1v) is 8.51. The molecule has 9 nitrogen and oxygen atoms in total. The highest BCUT2D eigenvalue weighted by atomic mass is 16.6. The van der Waals surface area contributed by atoms with Crippen LogP contribution in [0.3, 0.4) is 0 Å². The zero-order chi connectivity index (χ0) is 20.3. The van der Waals surface area contributed by atoms with E-state index >= 15 is 0 Å². The van der Waals surface area contributed by atoms with Crippen LogP contribution in [-0.2, 0) is 9.53 Å². The summed E-state index contributed by atoms with van der Waals surface area (Å²) in [5, 5.41) is 13.5. The molecule has 146 valence electrons. The van der Waals surface area contributed by atoms with E-state index in [2.05, 4.69) is 5.32 Å². The van der Waals surface area contributed by atoms with Gasteiger partial charge in [0, 0.05) is 23.4 Å². The predicted molar refractivity (Wildman–Crippen MR) is 98.8 cm³/mol. The highest BCUT2D eigenvalue weighted by molar-refractivity contribution is 5.97. The Morgan fingerprint density at radius 3 is 2.54 bits per heavy atom. The number of nitro groups is 1. The zero-order valence-corrected chi connectivity index (χ0v) is 15.3. The summed E-state index contributed by atoms with van der Waals surface area (Å²) in [5.74, 6) is -0.154. The second-order valence-electron chi connectivity index (χ2n) is 6.15. The molecule has 0 spiro atoms. The quantitative estimate of drug-likeness (QED) is 0.477. The Morgan fingerprint density at radius 2 is 1.86 bits per heavy atom. The average Bonchev–Trinajstić information content (AvgIpc) is 2.67. The maximum atomic E-state index is 12.3. The van der Waals surface area contributed by atoms with Gasteiger partial charge in [-0.05, 0) is 38.1 Å². The minimum atomic E-state index is -1.07. The van der Waals surface area contributed by atoms with Crippen LogP contribution >= 0.6 is 0 Å². The number of amides is 1. The van der Waals surface area contributed by atoms with Crippen molar-refractivity contribution in [2.75, 3.05) is 18.5 Å². The topological polar surface area (TPSA) is 117 Å². The monoisotopic (exact) mass is 386 g/mol. The minimum absolute atomic E-state index is 0.0963. The fourth-order valence-corrected chi connectivity index (χ4v) is 2.63. The number of rotatable bonds is 5. The molecule has 1 aliphatic rings. The Hall–Kier alpha value is -3.62. The molecule has 2 aromatic carbocycles. The van der Waals surface area contributed by atoms with E-state index in [1.165, 1.54) is 32.0 Å². The number of esters is 1. The number of anilines is 1. The summed E-state index contributed by atoms with van der Waals surface area (Å²) in [6.45, 7) is 3.84. The van der Waals surface area contributed by atoms with Crippen LogP contribution in [0.25, 0.3) is 0 Å². The van der Waals surface area contributed by atoms with Gasteiger partial charge in [0.2, 0.25) is 0 Å². The molecule has 3 rings (SSSR count). The Kier molecular flexibility index (Phi) is 5.44. The number of hydrogen-bond donors (Lipinski definition) is 1. The van der Waals surface area contributed by atoms with Gasteiger partial charge in [-0.25, -0.2) is 4.79 Å². The van der Waals surface area contributed by atoms with Crippen molar-refractivity contribution < 1.29 is 28.7 Å². The van der Waals surface area contributed by atoms with Crippen molar-refractivity contribution in [3.8, 4) is 11.5 Å². The summed E-state index contributed by atoms with van der Waals surface area (Å²) in [5.41, 5.74) is 0.833. The highest BCUT2D eigenvalue weighted by Crippen LogP contribution is 2.32. The summed E-state index contributed by atoms with van der Waals surface area (Å²) in [4.78, 5) is 34.9. The molecule has 0 aromatic heterocycles. The Balaban J connectivity index is 1.63. The van der Waals surface area contributed by atoms with Gasteiger partial charge in [0.25, 0.3) is 11.6 Å². The molecule has 1 heterocycles. The standard InChI is InChI=1S/C19H18N2O7/c1-11-9-13(3-5-15(11)21(24)25)19(23)28-12(2)18(22)20-14-4-6-16-17(10-14)27-8-7-26-16/h3-6,9-10,12H,7-8H2,1-2H3,(H,20,22)/t12-/m1/s1. The van der Waals surface area contributed by atoms with Crippen molar-refractivity contribution in [2.24, 2.45) is 0 Å². The highest BCUT2D eigenvalue weighted by Gasteiger charge is 2.21. The lowest BCUT2D eigenvalue weighted by atomic mass is 10.1. The first-order chi connectivity index (χ1) is 13.3. The van der Waals surface area contributed by atoms with Crippen molar-refractivity contribution in [3.63, 3.8) is 0 Å². The first-order valence-electron chi connectivity index (χ1n) is 8.51. The number of carbonyl (C=O) groups excluding carboxylic acids is 2. The molecule has 28 heavy (non-hydrogen) atoms. The van der Waals surface area contributed by atoms with Crippen LogP contribution in [0, 0.1) is 17.0 Å². The van der Waals surface area contributed by atoms with E-state index < -0.39 is 22.9 Å². The molecule has 1 N–H and O–H groups in total. The van der Waals surface area contributed by atoms with Gasteiger partial charge in [0.15, 0.2) is 17.6 Å². The van der Waals surface area contributed by atoms with Crippen molar-refractivity contribution >= 4 is 23.3 Å². The number of carbonyl (C=O) groups is 2. The van der Waals surface area contributed by atoms with Gasteiger partial charge in [0.05, 0.1) is 10.5 Å². The van der Waals surface area contributed by atoms with Gasteiger partial charge in [0.1, 0.15) is 13.2 Å². The summed E-state index contributed by atoms with van der Waals surface area (Å²) >= 11 is 0. The van der Waals surface area contributed by atoms with E-state index in [-0.39, 0.29) is 11.3 Å². The molecule has 0 saturated carbocycles. The van der Waals surface area contributed by atoms with Crippen LogP contribution in [0.4, 0.5) is 11.4 Å². The third-order valence-electron chi connectivity index (χ3n) is 4.09. The van der Waals surface area contributed by atoms with Gasteiger partial charge >= 0.3 is 5.97 Å². The molecular formula is C19H18N2O7. The smallest absolute Gasteiger partial charge is 0.338 e. The molecule has 2 aromatic rings. The Labute approximate surface area is 160 Å². The van der Waals surface area contributed by atoms with Gasteiger partial charge in [-0.2, -0.15) is 0 Å². The summed E-state index contributed by atoms with van der Waals surface area (Å²) in [6, 6.07) is 8.83. The lowest BCUT2D eigenvalue weighted by Gasteiger charge is -2.19. The van der Waals surface area contributed by atoms with Crippen LogP contribution in [0.1, 0.15) is 22.8 Å². The predicted octanol–water partition coefficient (Wildman–Crippen LogP) is 2.86. The summed E-state index contributed by atoms with van der Waals surface area (Å²) in [6.07, 6.45) is -1.07.